The average molecular weight is 373 g/mol. The Morgan fingerprint density at radius 1 is 1.04 bits per heavy atom. The number of nitrogens with zero attached hydrogens (tertiary/aromatic N) is 1. The number of carbonyl (C=O) groups is 2. The third-order valence-electron chi connectivity index (χ3n) is 3.33. The summed E-state index contributed by atoms with van der Waals surface area (Å²) in [6, 6.07) is 11.7. The smallest absolute Gasteiger partial charge is 0.352 e. The van der Waals surface area contributed by atoms with Gasteiger partial charge >= 0.3 is 17.6 Å². The molecule has 0 heterocycles. The molecule has 0 aliphatic heterocycles. The molecule has 0 bridgehead atoms. The molecule has 2 aromatic rings. The van der Waals surface area contributed by atoms with Crippen LogP contribution in [0.25, 0.3) is 0 Å². The molecular formula is C19H19NO7. The van der Waals surface area contributed by atoms with E-state index >= 15 is 0 Å². The summed E-state index contributed by atoms with van der Waals surface area (Å²) in [6.07, 6.45) is -1.38. The van der Waals surface area contributed by atoms with Crippen molar-refractivity contribution in [1.29, 1.82) is 0 Å². The van der Waals surface area contributed by atoms with Crippen LogP contribution in [0.4, 0.5) is 5.69 Å². The molecule has 8 nitrogen and oxygen atoms in total. The van der Waals surface area contributed by atoms with E-state index in [1.807, 2.05) is 0 Å². The summed E-state index contributed by atoms with van der Waals surface area (Å²) in [5.41, 5.74) is -0.0168. The number of hydrogen-bond donors (Lipinski definition) is 0. The van der Waals surface area contributed by atoms with Crippen molar-refractivity contribution in [2.24, 2.45) is 0 Å². The summed E-state index contributed by atoms with van der Waals surface area (Å²) in [5, 5.41) is 11.0. The summed E-state index contributed by atoms with van der Waals surface area (Å²) < 4.78 is 15.7. The Labute approximate surface area is 155 Å². The predicted molar refractivity (Wildman–Crippen MR) is 95.8 cm³/mol. The molecule has 0 saturated carbocycles. The number of nitro benzene ring substituents is 1. The maximum atomic E-state index is 12.2. The molecular weight excluding hydrogens is 354 g/mol. The Morgan fingerprint density at radius 3 is 2.41 bits per heavy atom. The van der Waals surface area contributed by atoms with Gasteiger partial charge in [0.15, 0.2) is 11.9 Å². The van der Waals surface area contributed by atoms with Crippen molar-refractivity contribution >= 4 is 17.6 Å². The minimum absolute atomic E-state index is 0.0405. The first kappa shape index (κ1) is 19.9. The molecule has 0 radical (unpaired) electrons. The molecule has 2 rings (SSSR count). The first-order chi connectivity index (χ1) is 12.8. The highest BCUT2D eigenvalue weighted by Crippen LogP contribution is 2.27. The first-order valence-corrected chi connectivity index (χ1v) is 8.20. The van der Waals surface area contributed by atoms with Gasteiger partial charge in [0.2, 0.25) is 0 Å². The lowest BCUT2D eigenvalue weighted by atomic mass is 10.2. The molecule has 0 spiro atoms. The third kappa shape index (κ3) is 5.53. The average Bonchev–Trinajstić information content (AvgIpc) is 2.61. The summed E-state index contributed by atoms with van der Waals surface area (Å²) in [6.45, 7) is 4.86. The summed E-state index contributed by atoms with van der Waals surface area (Å²) >= 11 is 0. The largest absolute Gasteiger partial charge is 0.472 e. The van der Waals surface area contributed by atoms with E-state index in [-0.39, 0.29) is 28.9 Å². The number of esters is 2. The summed E-state index contributed by atoms with van der Waals surface area (Å²) in [5.74, 6) is -1.20. The van der Waals surface area contributed by atoms with E-state index in [1.165, 1.54) is 43.3 Å². The van der Waals surface area contributed by atoms with Gasteiger partial charge in [0, 0.05) is 6.07 Å². The highest BCUT2D eigenvalue weighted by Gasteiger charge is 2.22. The SMILES string of the molecule is CC(C)OC(=O)c1cccc(OC(=O)C(C)Oc2ccccc2[N+](=O)[O-])c1. The molecule has 1 unspecified atom stereocenters. The van der Waals surface area contributed by atoms with E-state index in [0.29, 0.717) is 0 Å². The van der Waals surface area contributed by atoms with Crippen molar-refractivity contribution < 1.29 is 28.7 Å². The minimum atomic E-state index is -1.10. The molecule has 142 valence electrons. The fraction of sp³-hybridized carbons (Fsp3) is 0.263. The number of rotatable bonds is 7. The zero-order chi connectivity index (χ0) is 20.0. The van der Waals surface area contributed by atoms with Gasteiger partial charge in [-0.2, -0.15) is 0 Å². The lowest BCUT2D eigenvalue weighted by Crippen LogP contribution is -2.28. The molecule has 0 amide bonds. The van der Waals surface area contributed by atoms with Crippen LogP contribution in [-0.2, 0) is 9.53 Å². The fourth-order valence-electron chi connectivity index (χ4n) is 2.11. The van der Waals surface area contributed by atoms with Crippen LogP contribution in [0.15, 0.2) is 48.5 Å². The van der Waals surface area contributed by atoms with Crippen LogP contribution in [0.2, 0.25) is 0 Å². The molecule has 0 saturated heterocycles. The van der Waals surface area contributed by atoms with Crippen LogP contribution in [-0.4, -0.2) is 29.1 Å². The van der Waals surface area contributed by atoms with E-state index < -0.39 is 23.0 Å². The molecule has 27 heavy (non-hydrogen) atoms. The van der Waals surface area contributed by atoms with Crippen LogP contribution in [0.5, 0.6) is 11.5 Å². The van der Waals surface area contributed by atoms with Gasteiger partial charge in [-0.1, -0.05) is 18.2 Å². The van der Waals surface area contributed by atoms with Crippen LogP contribution in [0, 0.1) is 10.1 Å². The lowest BCUT2D eigenvalue weighted by Gasteiger charge is -2.14. The van der Waals surface area contributed by atoms with Gasteiger partial charge in [-0.05, 0) is 45.0 Å². The first-order valence-electron chi connectivity index (χ1n) is 8.20. The zero-order valence-electron chi connectivity index (χ0n) is 15.1. The second-order valence-corrected chi connectivity index (χ2v) is 5.89. The van der Waals surface area contributed by atoms with Crippen molar-refractivity contribution in [3.8, 4) is 11.5 Å². The minimum Gasteiger partial charge on any atom is -0.472 e. The van der Waals surface area contributed by atoms with Crippen molar-refractivity contribution in [2.75, 3.05) is 0 Å². The van der Waals surface area contributed by atoms with Gasteiger partial charge < -0.3 is 14.2 Å². The maximum Gasteiger partial charge on any atom is 0.352 e. The fourth-order valence-corrected chi connectivity index (χ4v) is 2.11. The topological polar surface area (TPSA) is 105 Å². The van der Waals surface area contributed by atoms with Gasteiger partial charge in [0.05, 0.1) is 16.6 Å². The Morgan fingerprint density at radius 2 is 1.74 bits per heavy atom. The number of benzene rings is 2. The maximum absolute atomic E-state index is 12.2. The van der Waals surface area contributed by atoms with Crippen molar-refractivity contribution in [3.05, 3.63) is 64.2 Å². The summed E-state index contributed by atoms with van der Waals surface area (Å²) in [4.78, 5) is 34.5. The Hall–Kier alpha value is -3.42. The molecule has 0 aromatic heterocycles. The lowest BCUT2D eigenvalue weighted by molar-refractivity contribution is -0.386. The normalized spacial score (nSPS) is 11.6. The van der Waals surface area contributed by atoms with E-state index in [2.05, 4.69) is 0 Å². The number of hydrogen-bond acceptors (Lipinski definition) is 7. The van der Waals surface area contributed by atoms with E-state index in [0.717, 1.165) is 0 Å². The van der Waals surface area contributed by atoms with Gasteiger partial charge in [-0.3, -0.25) is 10.1 Å². The molecule has 0 aliphatic rings. The molecule has 0 aliphatic carbocycles. The monoisotopic (exact) mass is 373 g/mol. The number of para-hydroxylation sites is 2. The molecule has 1 atom stereocenters. The highest BCUT2D eigenvalue weighted by atomic mass is 16.6. The Bertz CT molecular complexity index is 847. The molecule has 0 N–H and O–H groups in total. The summed E-state index contributed by atoms with van der Waals surface area (Å²) in [7, 11) is 0. The van der Waals surface area contributed by atoms with Gasteiger partial charge in [0.25, 0.3) is 0 Å². The van der Waals surface area contributed by atoms with Crippen LogP contribution in [0.1, 0.15) is 31.1 Å². The van der Waals surface area contributed by atoms with Gasteiger partial charge in [0.1, 0.15) is 5.75 Å². The third-order valence-corrected chi connectivity index (χ3v) is 3.33. The molecule has 0 fully saturated rings. The Balaban J connectivity index is 2.07. The van der Waals surface area contributed by atoms with Crippen molar-refractivity contribution in [3.63, 3.8) is 0 Å². The number of carbonyl (C=O) groups excluding carboxylic acids is 2. The number of ether oxygens (including phenoxy) is 3. The Kier molecular flexibility index (Phi) is 6.48. The molecule has 8 heteroatoms. The van der Waals surface area contributed by atoms with Gasteiger partial charge in [-0.25, -0.2) is 9.59 Å². The van der Waals surface area contributed by atoms with Crippen LogP contribution in [0.3, 0.4) is 0 Å². The second-order valence-electron chi connectivity index (χ2n) is 5.89. The van der Waals surface area contributed by atoms with E-state index in [9.17, 15) is 19.7 Å². The quantitative estimate of drug-likeness (QED) is 0.316. The standard InChI is InChI=1S/C19H19NO7/c1-12(2)25-19(22)14-7-6-8-15(11-14)27-18(21)13(3)26-17-10-5-4-9-16(17)20(23)24/h4-13H,1-3H3. The highest BCUT2D eigenvalue weighted by molar-refractivity contribution is 5.90. The van der Waals surface area contributed by atoms with Crippen LogP contribution >= 0.6 is 0 Å². The van der Waals surface area contributed by atoms with Crippen LogP contribution < -0.4 is 9.47 Å². The second kappa shape index (κ2) is 8.79. The van der Waals surface area contributed by atoms with E-state index in [4.69, 9.17) is 14.2 Å². The van der Waals surface area contributed by atoms with Crippen molar-refractivity contribution in [1.82, 2.24) is 0 Å². The number of nitro groups is 1. The van der Waals surface area contributed by atoms with E-state index in [1.54, 1.807) is 26.0 Å². The zero-order valence-corrected chi connectivity index (χ0v) is 15.1. The van der Waals surface area contributed by atoms with Crippen molar-refractivity contribution in [2.45, 2.75) is 33.0 Å². The van der Waals surface area contributed by atoms with Gasteiger partial charge in [-0.15, -0.1) is 0 Å². The molecule has 2 aromatic carbocycles. The predicted octanol–water partition coefficient (Wildman–Crippen LogP) is 3.53.